The Hall–Kier alpha value is -1.36. The molecule has 0 aliphatic heterocycles. The zero-order valence-electron chi connectivity index (χ0n) is 12.9. The second kappa shape index (κ2) is 5.56. The van der Waals surface area contributed by atoms with Gasteiger partial charge in [0.1, 0.15) is 0 Å². The largest absolute Gasteiger partial charge is 0.461 e. The van der Waals surface area contributed by atoms with Gasteiger partial charge in [-0.05, 0) is 53.5 Å². The Morgan fingerprint density at radius 3 is 2.75 bits per heavy atom. The van der Waals surface area contributed by atoms with E-state index >= 15 is 0 Å². The summed E-state index contributed by atoms with van der Waals surface area (Å²) in [5.74, 6) is -0.110. The number of hydrogen-bond acceptors (Lipinski definition) is 4. The van der Waals surface area contributed by atoms with Gasteiger partial charge in [-0.1, -0.05) is 0 Å². The average molecular weight is 279 g/mol. The molecule has 1 heterocycles. The van der Waals surface area contributed by atoms with Gasteiger partial charge in [0.15, 0.2) is 5.69 Å². The van der Waals surface area contributed by atoms with Crippen LogP contribution >= 0.6 is 0 Å². The Kier molecular flexibility index (Phi) is 4.18. The summed E-state index contributed by atoms with van der Waals surface area (Å²) < 4.78 is 7.14. The number of nitrogens with zero attached hydrogens (tertiary/aromatic N) is 2. The molecule has 0 fully saturated rings. The number of rotatable bonds is 3. The Morgan fingerprint density at radius 1 is 1.50 bits per heavy atom. The highest BCUT2D eigenvalue weighted by molar-refractivity contribution is 5.89. The van der Waals surface area contributed by atoms with Crippen LogP contribution in [0.3, 0.4) is 0 Å². The lowest BCUT2D eigenvalue weighted by Gasteiger charge is -2.27. The first-order valence-electron chi connectivity index (χ1n) is 7.39. The lowest BCUT2D eigenvalue weighted by atomic mass is 9.85. The van der Waals surface area contributed by atoms with Gasteiger partial charge in [0.25, 0.3) is 0 Å². The second-order valence-electron chi connectivity index (χ2n) is 6.34. The Bertz CT molecular complexity index is 500. The third-order valence-corrected chi connectivity index (χ3v) is 3.78. The molecule has 112 valence electrons. The maximum absolute atomic E-state index is 12.2. The number of fused-ring (bicyclic) bond motifs is 1. The molecule has 1 unspecified atom stereocenters. The number of aromatic nitrogens is 2. The summed E-state index contributed by atoms with van der Waals surface area (Å²) in [6, 6.07) is 0. The van der Waals surface area contributed by atoms with Crippen LogP contribution in [0.5, 0.6) is 0 Å². The molecule has 1 atom stereocenters. The van der Waals surface area contributed by atoms with E-state index in [1.807, 2.05) is 11.6 Å². The minimum atomic E-state index is -0.327. The summed E-state index contributed by atoms with van der Waals surface area (Å²) in [5, 5.41) is 4.57. The monoisotopic (exact) mass is 279 g/mol. The average Bonchev–Trinajstić information content (AvgIpc) is 2.78. The van der Waals surface area contributed by atoms with Crippen LogP contribution in [0, 0.1) is 0 Å². The molecular formula is C15H25N3O2. The van der Waals surface area contributed by atoms with Crippen molar-refractivity contribution in [2.75, 3.05) is 13.2 Å². The molecule has 1 aliphatic carbocycles. The number of esters is 1. The van der Waals surface area contributed by atoms with E-state index in [0.717, 1.165) is 30.5 Å². The molecule has 1 aromatic rings. The molecule has 20 heavy (non-hydrogen) atoms. The van der Waals surface area contributed by atoms with Crippen molar-refractivity contribution in [1.29, 1.82) is 0 Å². The maximum atomic E-state index is 12.2. The molecule has 2 N–H and O–H groups in total. The van der Waals surface area contributed by atoms with E-state index in [1.54, 1.807) is 0 Å². The molecule has 2 rings (SSSR count). The van der Waals surface area contributed by atoms with Crippen LogP contribution in [-0.4, -0.2) is 28.9 Å². The predicted molar refractivity (Wildman–Crippen MR) is 77.9 cm³/mol. The molecule has 1 aromatic heterocycles. The number of carbonyl (C=O) groups is 1. The van der Waals surface area contributed by atoms with Crippen LogP contribution in [0.15, 0.2) is 0 Å². The molecule has 5 heteroatoms. The van der Waals surface area contributed by atoms with E-state index in [0.29, 0.717) is 18.8 Å². The molecule has 1 aliphatic rings. The van der Waals surface area contributed by atoms with Crippen LogP contribution in [0.25, 0.3) is 0 Å². The standard InChI is InChI=1S/C15H25N3O2/c1-5-20-14(19)13-12-10(9-16)7-6-8-11(12)18(17-13)15(2,3)4/h10H,5-9,16H2,1-4H3. The SMILES string of the molecule is CCOC(=O)c1nn(C(C)(C)C)c2c1C(CN)CCC2. The van der Waals surface area contributed by atoms with E-state index in [9.17, 15) is 4.79 Å². The highest BCUT2D eigenvalue weighted by Crippen LogP contribution is 2.36. The van der Waals surface area contributed by atoms with Crippen molar-refractivity contribution in [1.82, 2.24) is 9.78 Å². The molecule has 0 saturated carbocycles. The molecule has 5 nitrogen and oxygen atoms in total. The lowest BCUT2D eigenvalue weighted by Crippen LogP contribution is -2.27. The van der Waals surface area contributed by atoms with Crippen molar-refractivity contribution in [3.05, 3.63) is 17.0 Å². The molecule has 0 saturated heterocycles. The summed E-state index contributed by atoms with van der Waals surface area (Å²) in [6.07, 6.45) is 3.07. The molecule has 0 aromatic carbocycles. The summed E-state index contributed by atoms with van der Waals surface area (Å²) >= 11 is 0. The van der Waals surface area contributed by atoms with Crippen molar-refractivity contribution in [3.8, 4) is 0 Å². The number of hydrogen-bond donors (Lipinski definition) is 1. The molecule has 0 bridgehead atoms. The third kappa shape index (κ3) is 2.59. The fraction of sp³-hybridized carbons (Fsp3) is 0.733. The normalized spacial score (nSPS) is 18.8. The van der Waals surface area contributed by atoms with Crippen molar-refractivity contribution in [2.24, 2.45) is 5.73 Å². The van der Waals surface area contributed by atoms with Crippen LogP contribution in [0.2, 0.25) is 0 Å². The fourth-order valence-corrected chi connectivity index (χ4v) is 2.94. The van der Waals surface area contributed by atoms with Crippen molar-refractivity contribution < 1.29 is 9.53 Å². The summed E-state index contributed by atoms with van der Waals surface area (Å²) in [5.41, 5.74) is 8.38. The van der Waals surface area contributed by atoms with Gasteiger partial charge in [-0.3, -0.25) is 4.68 Å². The van der Waals surface area contributed by atoms with Gasteiger partial charge in [-0.2, -0.15) is 5.10 Å². The zero-order chi connectivity index (χ0) is 14.9. The Balaban J connectivity index is 2.57. The van der Waals surface area contributed by atoms with Crippen molar-refractivity contribution >= 4 is 5.97 Å². The smallest absolute Gasteiger partial charge is 0.359 e. The summed E-state index contributed by atoms with van der Waals surface area (Å²) in [4.78, 5) is 12.2. The van der Waals surface area contributed by atoms with Crippen molar-refractivity contribution in [3.63, 3.8) is 0 Å². The molecular weight excluding hydrogens is 254 g/mol. The van der Waals surface area contributed by atoms with E-state index in [2.05, 4.69) is 25.9 Å². The van der Waals surface area contributed by atoms with Gasteiger partial charge in [0.05, 0.1) is 12.1 Å². The van der Waals surface area contributed by atoms with E-state index in [1.165, 1.54) is 0 Å². The highest BCUT2D eigenvalue weighted by atomic mass is 16.5. The van der Waals surface area contributed by atoms with Gasteiger partial charge in [0, 0.05) is 17.2 Å². The van der Waals surface area contributed by atoms with E-state index in [4.69, 9.17) is 10.5 Å². The number of carbonyl (C=O) groups excluding carboxylic acids is 1. The van der Waals surface area contributed by atoms with Gasteiger partial charge < -0.3 is 10.5 Å². The lowest BCUT2D eigenvalue weighted by molar-refractivity contribution is 0.0516. The minimum absolute atomic E-state index is 0.148. The van der Waals surface area contributed by atoms with E-state index in [-0.39, 0.29) is 17.4 Å². The van der Waals surface area contributed by atoms with Gasteiger partial charge in [-0.25, -0.2) is 4.79 Å². The van der Waals surface area contributed by atoms with Crippen LogP contribution in [0.4, 0.5) is 0 Å². The van der Waals surface area contributed by atoms with Crippen LogP contribution in [0.1, 0.15) is 68.2 Å². The molecule has 0 amide bonds. The van der Waals surface area contributed by atoms with Crippen LogP contribution in [-0.2, 0) is 16.7 Å². The number of nitrogens with two attached hydrogens (primary N) is 1. The quantitative estimate of drug-likeness (QED) is 0.861. The molecule has 0 spiro atoms. The third-order valence-electron chi connectivity index (χ3n) is 3.78. The maximum Gasteiger partial charge on any atom is 0.359 e. The van der Waals surface area contributed by atoms with Gasteiger partial charge in [-0.15, -0.1) is 0 Å². The first-order chi connectivity index (χ1) is 9.40. The van der Waals surface area contributed by atoms with E-state index < -0.39 is 0 Å². The van der Waals surface area contributed by atoms with Crippen LogP contribution < -0.4 is 5.73 Å². The second-order valence-corrected chi connectivity index (χ2v) is 6.34. The predicted octanol–water partition coefficient (Wildman–Crippen LogP) is 2.19. The topological polar surface area (TPSA) is 70.1 Å². The zero-order valence-corrected chi connectivity index (χ0v) is 12.9. The number of ether oxygens (including phenoxy) is 1. The summed E-state index contributed by atoms with van der Waals surface area (Å²) in [6.45, 7) is 9.02. The fourth-order valence-electron chi connectivity index (χ4n) is 2.94. The Morgan fingerprint density at radius 2 is 2.20 bits per heavy atom. The Labute approximate surface area is 120 Å². The van der Waals surface area contributed by atoms with Crippen molar-refractivity contribution in [2.45, 2.75) is 58.4 Å². The van der Waals surface area contributed by atoms with Gasteiger partial charge in [0.2, 0.25) is 0 Å². The summed E-state index contributed by atoms with van der Waals surface area (Å²) in [7, 11) is 0. The first kappa shape index (κ1) is 15.0. The molecule has 0 radical (unpaired) electrons. The highest BCUT2D eigenvalue weighted by Gasteiger charge is 2.34. The first-order valence-corrected chi connectivity index (χ1v) is 7.39. The van der Waals surface area contributed by atoms with Gasteiger partial charge >= 0.3 is 5.97 Å². The minimum Gasteiger partial charge on any atom is -0.461 e.